The molecule has 1 heterocycles. The van der Waals surface area contributed by atoms with Gasteiger partial charge in [0.25, 0.3) is 0 Å². The minimum absolute atomic E-state index is 0.428. The van der Waals surface area contributed by atoms with E-state index in [2.05, 4.69) is 41.8 Å². The third-order valence-electron chi connectivity index (χ3n) is 7.01. The lowest BCUT2D eigenvalue weighted by Gasteiger charge is -2.21. The molecule has 1 spiro atoms. The van der Waals surface area contributed by atoms with Crippen molar-refractivity contribution < 1.29 is 8.68 Å². The number of nitrogens with zero attached hydrogens (tertiary/aromatic N) is 1. The van der Waals surface area contributed by atoms with E-state index in [1.807, 2.05) is 31.4 Å². The van der Waals surface area contributed by atoms with E-state index < -0.39 is 6.85 Å². The third kappa shape index (κ3) is 2.89. The van der Waals surface area contributed by atoms with Crippen LogP contribution in [0.1, 0.15) is 52.0 Å². The third-order valence-corrected chi connectivity index (χ3v) is 7.01. The van der Waals surface area contributed by atoms with Crippen molar-refractivity contribution in [3.63, 3.8) is 0 Å². The SMILES string of the molecule is [2H]C([2H])([2H])c1cc(-c2ccccc2C)[n+](C)cc1-c1ccc2c(c1)CC1(CCCC1)C2. The first-order chi connectivity index (χ1) is 14.8. The number of fused-ring (bicyclic) bond motifs is 1. The Labute approximate surface area is 173 Å². The fraction of sp³-hybridized carbons (Fsp3) is 0.370. The molecule has 2 aliphatic rings. The van der Waals surface area contributed by atoms with Crippen LogP contribution in [0.4, 0.5) is 0 Å². The summed E-state index contributed by atoms with van der Waals surface area (Å²) in [4.78, 5) is 0. The monoisotopic (exact) mass is 371 g/mol. The highest BCUT2D eigenvalue weighted by Gasteiger charge is 2.39. The van der Waals surface area contributed by atoms with Crippen molar-refractivity contribution in [1.29, 1.82) is 0 Å². The molecule has 0 saturated heterocycles. The quantitative estimate of drug-likeness (QED) is 0.478. The van der Waals surface area contributed by atoms with Gasteiger partial charge >= 0.3 is 0 Å². The lowest BCUT2D eigenvalue weighted by molar-refractivity contribution is -0.660. The normalized spacial score (nSPS) is 19.3. The van der Waals surface area contributed by atoms with Crippen LogP contribution in [-0.4, -0.2) is 0 Å². The Bertz CT molecular complexity index is 1150. The molecule has 0 N–H and O–H groups in total. The summed E-state index contributed by atoms with van der Waals surface area (Å²) in [5.74, 6) is 0. The van der Waals surface area contributed by atoms with Crippen LogP contribution in [0.25, 0.3) is 22.4 Å². The largest absolute Gasteiger partial charge is 0.212 e. The summed E-state index contributed by atoms with van der Waals surface area (Å²) in [6.45, 7) is -0.107. The average Bonchev–Trinajstić information content (AvgIpc) is 3.32. The van der Waals surface area contributed by atoms with E-state index >= 15 is 0 Å². The van der Waals surface area contributed by atoms with E-state index in [1.165, 1.54) is 43.2 Å². The zero-order chi connectivity index (χ0) is 21.8. The molecule has 0 radical (unpaired) electrons. The number of benzene rings is 2. The van der Waals surface area contributed by atoms with E-state index in [4.69, 9.17) is 4.11 Å². The lowest BCUT2D eigenvalue weighted by Crippen LogP contribution is -2.31. The number of pyridine rings is 1. The molecular weight excluding hydrogens is 338 g/mol. The van der Waals surface area contributed by atoms with Crippen LogP contribution in [0.15, 0.2) is 54.7 Å². The van der Waals surface area contributed by atoms with Gasteiger partial charge in [0, 0.05) is 21.3 Å². The van der Waals surface area contributed by atoms with Gasteiger partial charge in [0.2, 0.25) is 5.69 Å². The van der Waals surface area contributed by atoms with E-state index in [0.29, 0.717) is 11.0 Å². The molecule has 0 unspecified atom stereocenters. The Hall–Kier alpha value is -2.41. The molecule has 1 nitrogen and oxygen atoms in total. The van der Waals surface area contributed by atoms with Gasteiger partial charge in [-0.25, -0.2) is 4.57 Å². The molecule has 5 rings (SSSR count). The smallest absolute Gasteiger partial charge is 0.200 e. The molecule has 3 aromatic rings. The van der Waals surface area contributed by atoms with Gasteiger partial charge in [0.1, 0.15) is 7.05 Å². The van der Waals surface area contributed by atoms with Crippen molar-refractivity contribution in [1.82, 2.24) is 0 Å². The van der Waals surface area contributed by atoms with Crippen molar-refractivity contribution in [3.8, 4) is 22.4 Å². The standard InChI is InChI=1S/C27H30N/c1-19-8-4-5-9-24(19)26-14-20(2)25(18-28(26)3)21-10-11-22-16-27(12-6-7-13-27)17-23(22)15-21/h4-5,8-11,14-15,18H,6-7,12-13,16-17H2,1-3H3/q+1/i2D3. The summed E-state index contributed by atoms with van der Waals surface area (Å²) in [6.07, 6.45) is 9.70. The van der Waals surface area contributed by atoms with Crippen LogP contribution in [0.5, 0.6) is 0 Å². The molecule has 1 fully saturated rings. The highest BCUT2D eigenvalue weighted by molar-refractivity contribution is 5.70. The Balaban J connectivity index is 1.62. The molecule has 0 atom stereocenters. The Morgan fingerprint density at radius 1 is 0.893 bits per heavy atom. The molecule has 1 aromatic heterocycles. The van der Waals surface area contributed by atoms with Crippen LogP contribution in [0.3, 0.4) is 0 Å². The van der Waals surface area contributed by atoms with Gasteiger partial charge in [-0.1, -0.05) is 49.2 Å². The zero-order valence-corrected chi connectivity index (χ0v) is 16.9. The van der Waals surface area contributed by atoms with E-state index in [9.17, 15) is 0 Å². The van der Waals surface area contributed by atoms with Gasteiger partial charge in [0.05, 0.1) is 0 Å². The van der Waals surface area contributed by atoms with Gasteiger partial charge in [-0.15, -0.1) is 0 Å². The fourth-order valence-electron chi connectivity index (χ4n) is 5.49. The number of hydrogen-bond donors (Lipinski definition) is 0. The molecule has 0 bridgehead atoms. The van der Waals surface area contributed by atoms with Crippen molar-refractivity contribution in [2.45, 2.75) is 52.3 Å². The highest BCUT2D eigenvalue weighted by atomic mass is 14.9. The summed E-state index contributed by atoms with van der Waals surface area (Å²) in [7, 11) is 2.01. The van der Waals surface area contributed by atoms with Crippen LogP contribution >= 0.6 is 0 Å². The first-order valence-electron chi connectivity index (χ1n) is 12.0. The fourth-order valence-corrected chi connectivity index (χ4v) is 5.49. The molecule has 1 saturated carbocycles. The van der Waals surface area contributed by atoms with Gasteiger partial charge in [-0.2, -0.15) is 0 Å². The predicted molar refractivity (Wildman–Crippen MR) is 116 cm³/mol. The minimum atomic E-state index is -2.17. The van der Waals surface area contributed by atoms with E-state index in [1.54, 1.807) is 0 Å². The average molecular weight is 372 g/mol. The molecule has 142 valence electrons. The van der Waals surface area contributed by atoms with Crippen molar-refractivity contribution in [2.75, 3.05) is 0 Å². The summed E-state index contributed by atoms with van der Waals surface area (Å²) in [5, 5.41) is 0. The van der Waals surface area contributed by atoms with Crippen LogP contribution in [0.2, 0.25) is 0 Å². The maximum atomic E-state index is 8.25. The van der Waals surface area contributed by atoms with Crippen molar-refractivity contribution in [2.24, 2.45) is 12.5 Å². The highest BCUT2D eigenvalue weighted by Crippen LogP contribution is 2.49. The molecule has 2 aliphatic carbocycles. The van der Waals surface area contributed by atoms with Crippen LogP contribution in [-0.2, 0) is 19.9 Å². The van der Waals surface area contributed by atoms with Gasteiger partial charge in [-0.3, -0.25) is 0 Å². The summed E-state index contributed by atoms with van der Waals surface area (Å²) in [5.41, 5.74) is 8.75. The Morgan fingerprint density at radius 2 is 1.68 bits per heavy atom. The number of hydrogen-bond acceptors (Lipinski definition) is 0. The van der Waals surface area contributed by atoms with Crippen molar-refractivity contribution in [3.05, 3.63) is 77.0 Å². The molecule has 2 aromatic carbocycles. The Morgan fingerprint density at radius 3 is 2.46 bits per heavy atom. The van der Waals surface area contributed by atoms with Crippen LogP contribution in [0, 0.1) is 19.2 Å². The van der Waals surface area contributed by atoms with Gasteiger partial charge in [0.15, 0.2) is 6.20 Å². The second-order valence-electron chi connectivity index (χ2n) is 8.96. The summed E-state index contributed by atoms with van der Waals surface area (Å²) < 4.78 is 26.8. The summed E-state index contributed by atoms with van der Waals surface area (Å²) in [6, 6.07) is 16.7. The maximum Gasteiger partial charge on any atom is 0.212 e. The van der Waals surface area contributed by atoms with Gasteiger partial charge < -0.3 is 0 Å². The van der Waals surface area contributed by atoms with Crippen LogP contribution < -0.4 is 4.57 Å². The second-order valence-corrected chi connectivity index (χ2v) is 8.96. The first-order valence-corrected chi connectivity index (χ1v) is 10.5. The number of aryl methyl sites for hydroxylation is 3. The Kier molecular flexibility index (Phi) is 3.43. The molecule has 0 aliphatic heterocycles. The minimum Gasteiger partial charge on any atom is -0.200 e. The number of aromatic nitrogens is 1. The van der Waals surface area contributed by atoms with Gasteiger partial charge in [-0.05, 0) is 78.8 Å². The zero-order valence-electron chi connectivity index (χ0n) is 19.9. The van der Waals surface area contributed by atoms with E-state index in [0.717, 1.165) is 34.4 Å². The first kappa shape index (κ1) is 14.6. The second kappa shape index (κ2) is 6.58. The molecular formula is C27H30N+. The van der Waals surface area contributed by atoms with E-state index in [-0.39, 0.29) is 0 Å². The lowest BCUT2D eigenvalue weighted by atomic mass is 9.83. The topological polar surface area (TPSA) is 3.88 Å². The molecule has 28 heavy (non-hydrogen) atoms. The maximum absolute atomic E-state index is 8.25. The summed E-state index contributed by atoms with van der Waals surface area (Å²) >= 11 is 0. The number of rotatable bonds is 2. The predicted octanol–water partition coefficient (Wildman–Crippen LogP) is 6.12. The molecule has 0 amide bonds. The van der Waals surface area contributed by atoms with Crippen molar-refractivity contribution >= 4 is 0 Å². The molecule has 1 heteroatoms.